The molecule has 0 fully saturated rings. The molecule has 20 heteroatoms. The summed E-state index contributed by atoms with van der Waals surface area (Å²) in [6, 6.07) is -2.47. The first kappa shape index (κ1) is 75.6. The molecule has 4 atom stereocenters. The molecule has 0 rings (SSSR count). The van der Waals surface area contributed by atoms with Crippen LogP contribution in [0.2, 0.25) is 0 Å². The molecule has 0 spiro atoms. The zero-order valence-electron chi connectivity index (χ0n) is 50.2. The van der Waals surface area contributed by atoms with Gasteiger partial charge >= 0.3 is 0 Å². The Bertz CT molecular complexity index is 1610. The van der Waals surface area contributed by atoms with E-state index in [-0.39, 0.29) is 41.4 Å². The number of hydrogen-bond acceptors (Lipinski definition) is 12. The summed E-state index contributed by atoms with van der Waals surface area (Å²) in [5, 5.41) is 20.6. The standard InChI is InChI=1S/C60H118N12O8/c1-2-3-4-5-6-7-8-12-19-39-54(74)70-50(35-24-28-43-62)58(78)67-47-32-17-10-14-21-41-56(76)72-52(37-26-30-45-64)60(80)68-48-33-18-11-15-22-40-55(75)71-51(36-25-29-44-63)59(79)66-46-31-16-9-13-20-38-53(73)69-49(57(65)77)34-23-27-42-61/h49-52H,2-48,61-64H2,1H3,(H2,65,77)(H,66,79)(H,67,78)(H,68,80)(H,69,73)(H,70,74)(H,71,75)(H,72,76). The summed E-state index contributed by atoms with van der Waals surface area (Å²) >= 11 is 0. The molecule has 0 aliphatic carbocycles. The van der Waals surface area contributed by atoms with Crippen LogP contribution in [0.4, 0.5) is 0 Å². The lowest BCUT2D eigenvalue weighted by molar-refractivity contribution is -0.129. The fraction of sp³-hybridized carbons (Fsp3) is 0.867. The lowest BCUT2D eigenvalue weighted by Crippen LogP contribution is -2.47. The van der Waals surface area contributed by atoms with E-state index in [1.54, 1.807) is 0 Å². The molecule has 4 unspecified atom stereocenters. The highest BCUT2D eigenvalue weighted by molar-refractivity contribution is 5.89. The van der Waals surface area contributed by atoms with E-state index in [1.165, 1.54) is 38.5 Å². The quantitative estimate of drug-likeness (QED) is 0.0302. The molecule has 0 aliphatic heterocycles. The molecule has 0 heterocycles. The molecule has 0 aromatic rings. The van der Waals surface area contributed by atoms with Gasteiger partial charge in [-0.1, -0.05) is 116 Å². The summed E-state index contributed by atoms with van der Waals surface area (Å²) in [4.78, 5) is 102. The second-order valence-electron chi connectivity index (χ2n) is 22.0. The summed E-state index contributed by atoms with van der Waals surface area (Å²) in [7, 11) is 0. The SMILES string of the molecule is CCCCCCCCCCCC(=O)NC(CCCCN)C(=O)NCCCCCCCC(=O)NC(CCCCN)C(=O)NCCCCCCCC(=O)NC(CCCCN)C(=O)NCCCCCCCC(=O)NC(CCCCN)C(N)=O. The third-order valence-electron chi connectivity index (χ3n) is 14.6. The normalized spacial score (nSPS) is 12.7. The van der Waals surface area contributed by atoms with E-state index in [1.807, 2.05) is 0 Å². The molecule has 466 valence electrons. The van der Waals surface area contributed by atoms with Crippen molar-refractivity contribution in [2.45, 2.75) is 288 Å². The van der Waals surface area contributed by atoms with Crippen LogP contribution in [0.1, 0.15) is 264 Å². The van der Waals surface area contributed by atoms with Crippen LogP contribution in [0.15, 0.2) is 0 Å². The highest BCUT2D eigenvalue weighted by atomic mass is 16.2. The Morgan fingerprint density at radius 1 is 0.287 bits per heavy atom. The fourth-order valence-electron chi connectivity index (χ4n) is 9.55. The van der Waals surface area contributed by atoms with Gasteiger partial charge in [0.15, 0.2) is 0 Å². The van der Waals surface area contributed by atoms with Crippen molar-refractivity contribution >= 4 is 47.3 Å². The van der Waals surface area contributed by atoms with Gasteiger partial charge in [0.2, 0.25) is 47.3 Å². The minimum absolute atomic E-state index is 0.0665. The minimum Gasteiger partial charge on any atom is -0.368 e. The Labute approximate surface area is 483 Å². The van der Waals surface area contributed by atoms with Crippen molar-refractivity contribution in [1.29, 1.82) is 0 Å². The first-order chi connectivity index (χ1) is 38.8. The predicted octanol–water partition coefficient (Wildman–Crippen LogP) is 6.22. The summed E-state index contributed by atoms with van der Waals surface area (Å²) < 4.78 is 0. The van der Waals surface area contributed by atoms with E-state index in [4.69, 9.17) is 28.7 Å². The van der Waals surface area contributed by atoms with E-state index < -0.39 is 30.1 Å². The molecule has 0 bridgehead atoms. The maximum absolute atomic E-state index is 13.2. The number of nitrogens with one attached hydrogen (secondary N) is 7. The van der Waals surface area contributed by atoms with Crippen LogP contribution >= 0.6 is 0 Å². The van der Waals surface area contributed by atoms with Crippen LogP contribution in [0.3, 0.4) is 0 Å². The average molecular weight is 1140 g/mol. The summed E-state index contributed by atoms with van der Waals surface area (Å²) in [5.74, 6) is -1.63. The molecule has 20 nitrogen and oxygen atoms in total. The first-order valence-corrected chi connectivity index (χ1v) is 31.9. The van der Waals surface area contributed by atoms with Gasteiger partial charge in [-0.05, 0) is 148 Å². The molecule has 8 amide bonds. The highest BCUT2D eigenvalue weighted by Crippen LogP contribution is 2.13. The third-order valence-corrected chi connectivity index (χ3v) is 14.6. The zero-order chi connectivity index (χ0) is 59.1. The largest absolute Gasteiger partial charge is 0.368 e. The van der Waals surface area contributed by atoms with Crippen molar-refractivity contribution < 1.29 is 38.4 Å². The predicted molar refractivity (Wildman–Crippen MR) is 323 cm³/mol. The number of primary amides is 1. The highest BCUT2D eigenvalue weighted by Gasteiger charge is 2.23. The van der Waals surface area contributed by atoms with Crippen LogP contribution in [-0.4, -0.2) is 117 Å². The van der Waals surface area contributed by atoms with Gasteiger partial charge in [0.1, 0.15) is 24.2 Å². The van der Waals surface area contributed by atoms with Crippen molar-refractivity contribution in [2.75, 3.05) is 45.8 Å². The van der Waals surface area contributed by atoms with Crippen LogP contribution in [0.25, 0.3) is 0 Å². The average Bonchev–Trinajstić information content (AvgIpc) is 3.43. The first-order valence-electron chi connectivity index (χ1n) is 31.9. The Morgan fingerprint density at radius 3 is 0.762 bits per heavy atom. The van der Waals surface area contributed by atoms with Gasteiger partial charge in [-0.15, -0.1) is 0 Å². The van der Waals surface area contributed by atoms with Crippen LogP contribution in [0, 0.1) is 0 Å². The Balaban J connectivity index is 4.47. The molecule has 0 aromatic carbocycles. The van der Waals surface area contributed by atoms with Crippen LogP contribution in [0.5, 0.6) is 0 Å². The zero-order valence-corrected chi connectivity index (χ0v) is 50.2. The fourth-order valence-corrected chi connectivity index (χ4v) is 9.55. The molecular formula is C60H118N12O8. The molecule has 0 aliphatic rings. The van der Waals surface area contributed by atoms with E-state index >= 15 is 0 Å². The van der Waals surface area contributed by atoms with Crippen LogP contribution in [-0.2, 0) is 38.4 Å². The van der Waals surface area contributed by atoms with Gasteiger partial charge in [0.25, 0.3) is 0 Å². The van der Waals surface area contributed by atoms with E-state index in [9.17, 15) is 38.4 Å². The van der Waals surface area contributed by atoms with Gasteiger partial charge in [0.05, 0.1) is 0 Å². The van der Waals surface area contributed by atoms with E-state index in [0.717, 1.165) is 148 Å². The number of unbranched alkanes of at least 4 members (excludes halogenated alkanes) is 24. The van der Waals surface area contributed by atoms with Gasteiger partial charge in [-0.3, -0.25) is 38.4 Å². The maximum atomic E-state index is 13.2. The second kappa shape index (κ2) is 55.2. The molecule has 0 saturated heterocycles. The van der Waals surface area contributed by atoms with Gasteiger partial charge in [-0.2, -0.15) is 0 Å². The molecule has 0 saturated carbocycles. The van der Waals surface area contributed by atoms with Crippen molar-refractivity contribution in [3.05, 3.63) is 0 Å². The number of nitrogens with two attached hydrogens (primary N) is 5. The lowest BCUT2D eigenvalue weighted by Gasteiger charge is -2.19. The minimum atomic E-state index is -0.670. The smallest absolute Gasteiger partial charge is 0.242 e. The summed E-state index contributed by atoms with van der Waals surface area (Å²) in [6.07, 6.45) is 32.5. The van der Waals surface area contributed by atoms with E-state index in [0.29, 0.717) is 116 Å². The molecule has 17 N–H and O–H groups in total. The maximum Gasteiger partial charge on any atom is 0.242 e. The van der Waals surface area contributed by atoms with Crippen LogP contribution < -0.4 is 65.9 Å². The Morgan fingerprint density at radius 2 is 0.512 bits per heavy atom. The van der Waals surface area contributed by atoms with Gasteiger partial charge < -0.3 is 65.9 Å². The monoisotopic (exact) mass is 1130 g/mol. The molecule has 0 aromatic heterocycles. The number of hydrogen-bond donors (Lipinski definition) is 12. The number of carbonyl (C=O) groups is 8. The summed E-state index contributed by atoms with van der Waals surface area (Å²) in [5.41, 5.74) is 28.0. The van der Waals surface area contributed by atoms with Crippen molar-refractivity contribution in [3.63, 3.8) is 0 Å². The molecular weight excluding hydrogens is 1020 g/mol. The van der Waals surface area contributed by atoms with Gasteiger partial charge in [0, 0.05) is 45.3 Å². The van der Waals surface area contributed by atoms with Crippen molar-refractivity contribution in [3.8, 4) is 0 Å². The second-order valence-corrected chi connectivity index (χ2v) is 22.0. The Hall–Kier alpha value is -4.40. The topological polar surface area (TPSA) is 351 Å². The lowest BCUT2D eigenvalue weighted by atomic mass is 10.1. The number of carbonyl (C=O) groups excluding carboxylic acids is 8. The van der Waals surface area contributed by atoms with Crippen molar-refractivity contribution in [2.24, 2.45) is 28.7 Å². The molecule has 0 radical (unpaired) electrons. The molecule has 80 heavy (non-hydrogen) atoms. The summed E-state index contributed by atoms with van der Waals surface area (Å²) in [6.45, 7) is 5.83. The third kappa shape index (κ3) is 46.2. The number of rotatable bonds is 58. The Kier molecular flexibility index (Phi) is 52.1. The van der Waals surface area contributed by atoms with E-state index in [2.05, 4.69) is 44.1 Å². The van der Waals surface area contributed by atoms with Gasteiger partial charge in [-0.25, -0.2) is 0 Å². The van der Waals surface area contributed by atoms with Crippen molar-refractivity contribution in [1.82, 2.24) is 37.2 Å². The number of amides is 8.